The van der Waals surface area contributed by atoms with Gasteiger partial charge in [0.1, 0.15) is 17.3 Å². The fourth-order valence-corrected chi connectivity index (χ4v) is 7.67. The minimum absolute atomic E-state index is 0.0452. The van der Waals surface area contributed by atoms with Crippen LogP contribution in [0.25, 0.3) is 0 Å². The zero-order valence-electron chi connectivity index (χ0n) is 33.3. The maximum absolute atomic E-state index is 13.1. The number of rotatable bonds is 6. The molecule has 336 valence electrons. The largest absolute Gasteiger partial charge is 0.477 e. The number of urea groups is 2. The summed E-state index contributed by atoms with van der Waals surface area (Å²) in [6.45, 7) is 4.72. The van der Waals surface area contributed by atoms with Gasteiger partial charge in [0.05, 0.1) is 35.4 Å². The van der Waals surface area contributed by atoms with Crippen LogP contribution in [0.2, 0.25) is 0 Å². The highest BCUT2D eigenvalue weighted by Gasteiger charge is 2.43. The number of anilines is 6. The third-order valence-electron chi connectivity index (χ3n) is 10.3. The highest BCUT2D eigenvalue weighted by Crippen LogP contribution is 2.41. The molecule has 2 saturated heterocycles. The molecule has 4 aromatic heterocycles. The minimum Gasteiger partial charge on any atom is -0.477 e. The maximum Gasteiger partial charge on any atom is 0.403 e. The van der Waals surface area contributed by atoms with Gasteiger partial charge in [-0.3, -0.25) is 25.2 Å². The zero-order valence-corrected chi connectivity index (χ0v) is 36.5. The lowest BCUT2D eigenvalue weighted by Crippen LogP contribution is -2.48. The Morgan fingerprint density at radius 1 is 0.746 bits per heavy atom. The summed E-state index contributed by atoms with van der Waals surface area (Å²) < 4.78 is 73.3. The number of ketones is 1. The van der Waals surface area contributed by atoms with Crippen LogP contribution < -0.4 is 36.0 Å². The highest BCUT2D eigenvalue weighted by atomic mass is 79.9. The first-order chi connectivity index (χ1) is 29.6. The number of carbonyl (C=O) groups is 4. The second-order valence-electron chi connectivity index (χ2n) is 14.9. The fraction of sp³-hybridized carbons (Fsp3) is 0.385. The van der Waals surface area contributed by atoms with E-state index in [1.807, 2.05) is 0 Å². The molecule has 4 aliphatic rings. The molecule has 5 N–H and O–H groups in total. The van der Waals surface area contributed by atoms with Crippen molar-refractivity contribution in [2.24, 2.45) is 11.7 Å². The highest BCUT2D eigenvalue weighted by molar-refractivity contribution is 9.10. The van der Waals surface area contributed by atoms with Crippen molar-refractivity contribution in [1.82, 2.24) is 19.9 Å². The third kappa shape index (κ3) is 11.1. The lowest BCUT2D eigenvalue weighted by molar-refractivity contribution is -0.168. The summed E-state index contributed by atoms with van der Waals surface area (Å²) >= 11 is 6.67. The van der Waals surface area contributed by atoms with Gasteiger partial charge in [-0.1, -0.05) is 38.8 Å². The van der Waals surface area contributed by atoms with Crippen molar-refractivity contribution in [3.8, 4) is 0 Å². The molecule has 0 saturated carbocycles. The second-order valence-corrected chi connectivity index (χ2v) is 16.7. The number of pyridine rings is 4. The van der Waals surface area contributed by atoms with Gasteiger partial charge >= 0.3 is 30.4 Å². The molecular formula is C39H39Br2F6N11O5. The van der Waals surface area contributed by atoms with Crippen molar-refractivity contribution in [2.75, 3.05) is 56.4 Å². The molecule has 24 heteroatoms. The van der Waals surface area contributed by atoms with Crippen LogP contribution in [0.5, 0.6) is 0 Å². The monoisotopic (exact) mass is 1010 g/mol. The Labute approximate surface area is 372 Å². The average Bonchev–Trinajstić information content (AvgIpc) is 3.82. The first-order valence-corrected chi connectivity index (χ1v) is 20.8. The van der Waals surface area contributed by atoms with E-state index in [-0.39, 0.29) is 35.3 Å². The summed E-state index contributed by atoms with van der Waals surface area (Å²) in [5, 5.41) is 14.7. The molecule has 0 aliphatic carbocycles. The molecule has 8 rings (SSSR count). The maximum atomic E-state index is 13.1. The summed E-state index contributed by atoms with van der Waals surface area (Å²) in [5.41, 5.74) is 5.72. The lowest BCUT2D eigenvalue weighted by atomic mass is 10.0. The molecule has 4 amide bonds. The number of nitrogens with two attached hydrogens (primary N) is 1. The summed E-state index contributed by atoms with van der Waals surface area (Å²) in [7, 11) is 0. The van der Waals surface area contributed by atoms with E-state index < -0.39 is 48.5 Å². The summed E-state index contributed by atoms with van der Waals surface area (Å²) in [5.74, 6) is -2.21. The Balaban J connectivity index is 0.000000185. The van der Waals surface area contributed by atoms with E-state index in [0.29, 0.717) is 42.7 Å². The Bertz CT molecular complexity index is 2380. The van der Waals surface area contributed by atoms with Gasteiger partial charge in [0, 0.05) is 53.9 Å². The van der Waals surface area contributed by atoms with E-state index in [4.69, 9.17) is 0 Å². The first-order valence-electron chi connectivity index (χ1n) is 19.2. The number of amides is 4. The number of nitrogens with zero attached hydrogens (tertiary/aromatic N) is 8. The minimum atomic E-state index is -4.46. The molecule has 0 unspecified atom stereocenters. The van der Waals surface area contributed by atoms with Gasteiger partial charge < -0.3 is 20.6 Å². The zero-order chi connectivity index (χ0) is 46.0. The van der Waals surface area contributed by atoms with Crippen LogP contribution in [0.1, 0.15) is 54.1 Å². The number of carboxylic acid groups (broad SMARTS) is 1. The van der Waals surface area contributed by atoms with E-state index in [1.54, 1.807) is 47.5 Å². The molecule has 4 bridgehead atoms. The summed E-state index contributed by atoms with van der Waals surface area (Å²) in [4.78, 5) is 73.7. The number of carboxylic acids is 1. The number of carbonyl (C=O) groups excluding carboxylic acids is 3. The summed E-state index contributed by atoms with van der Waals surface area (Å²) in [6, 6.07) is 10.4. The van der Waals surface area contributed by atoms with Crippen LogP contribution in [0.3, 0.4) is 0 Å². The van der Waals surface area contributed by atoms with E-state index in [2.05, 4.69) is 78.0 Å². The van der Waals surface area contributed by atoms with Crippen LogP contribution in [0.15, 0.2) is 69.9 Å². The molecular weight excluding hydrogens is 976 g/mol. The Hall–Kier alpha value is -5.62. The molecule has 4 atom stereocenters. The molecule has 16 nitrogen and oxygen atoms in total. The molecule has 4 aliphatic heterocycles. The number of alkyl halides is 6. The van der Waals surface area contributed by atoms with Gasteiger partial charge in [0.2, 0.25) is 0 Å². The standard InChI is InChI=1S/C20H19BrF3N5O2.C16H14BrN5O3.C3H6F3N/c1-11(20(22,23)24)8-16(30)14-2-3-15-18(26-14)29(13-5-7-28(15)10-13)19(31)27-17-9-12(21)4-6-25-17;17-9-3-5-18-13(7-9)20-16(25)22-10-4-6-21(8-10)12-2-1-11(15(23)24)19-14(12)22;1-2(7)3(4,5)6/h2-4,6,9,11,13H,5,7-8,10H2,1H3,(H,25,27,31);1-3,5,7,10H,4,6,8H2,(H,23,24)(H,18,20,25);2H,7H2,1H3/t11-,13+;10-;2-/m100/s1. The number of halogens is 8. The number of hydrogen-bond donors (Lipinski definition) is 4. The lowest BCUT2D eigenvalue weighted by Gasteiger charge is -2.35. The normalized spacial score (nSPS) is 18.1. The van der Waals surface area contributed by atoms with Gasteiger partial charge in [-0.05, 0) is 68.3 Å². The Kier molecular flexibility index (Phi) is 14.1. The molecule has 2 fully saturated rings. The van der Waals surface area contributed by atoms with Gasteiger partial charge in [-0.25, -0.2) is 34.3 Å². The predicted octanol–water partition coefficient (Wildman–Crippen LogP) is 8.11. The van der Waals surface area contributed by atoms with E-state index in [9.17, 15) is 50.6 Å². The third-order valence-corrected chi connectivity index (χ3v) is 11.3. The molecule has 0 aromatic carbocycles. The fourth-order valence-electron chi connectivity index (χ4n) is 7.00. The van der Waals surface area contributed by atoms with Gasteiger partial charge in [-0.2, -0.15) is 26.3 Å². The SMILES string of the molecule is C[C@H](CC(=O)c1ccc2c(n1)N(C(=O)Nc1cc(Br)ccn1)[C@H]1CCN2C1)C(F)(F)F.C[C@H](N)C(F)(F)F.O=C(O)c1ccc2c(n1)N(C(=O)Nc1cc(Br)ccn1)[C@H]1CCN2C1. The molecule has 8 heterocycles. The second kappa shape index (κ2) is 19.0. The van der Waals surface area contributed by atoms with Gasteiger partial charge in [0.25, 0.3) is 0 Å². The Morgan fingerprint density at radius 3 is 1.57 bits per heavy atom. The van der Waals surface area contributed by atoms with Crippen LogP contribution in [0, 0.1) is 5.92 Å². The number of Topliss-reactive ketones (excluding diaryl/α,β-unsaturated/α-hetero) is 1. The Morgan fingerprint density at radius 2 is 1.17 bits per heavy atom. The van der Waals surface area contributed by atoms with Crippen LogP contribution >= 0.6 is 31.9 Å². The van der Waals surface area contributed by atoms with Crippen molar-refractivity contribution in [3.05, 3.63) is 81.3 Å². The van der Waals surface area contributed by atoms with Gasteiger partial charge in [-0.15, -0.1) is 0 Å². The first kappa shape index (κ1) is 46.9. The number of fused-ring (bicyclic) bond motifs is 8. The summed E-state index contributed by atoms with van der Waals surface area (Å²) in [6.07, 6.45) is -4.74. The van der Waals surface area contributed by atoms with E-state index >= 15 is 0 Å². The van der Waals surface area contributed by atoms with Crippen molar-refractivity contribution < 1.29 is 50.6 Å². The number of nitrogens with one attached hydrogen (secondary N) is 2. The van der Waals surface area contributed by atoms with Crippen molar-refractivity contribution in [3.63, 3.8) is 0 Å². The topological polar surface area (TPSA) is 203 Å². The smallest absolute Gasteiger partial charge is 0.403 e. The predicted molar refractivity (Wildman–Crippen MR) is 227 cm³/mol. The van der Waals surface area contributed by atoms with Gasteiger partial charge in [0.15, 0.2) is 23.1 Å². The number of aromatic nitrogens is 4. The molecule has 4 aromatic rings. The number of aromatic carboxylic acids is 1. The van der Waals surface area contributed by atoms with Crippen molar-refractivity contribution in [2.45, 2.75) is 63.6 Å². The van der Waals surface area contributed by atoms with E-state index in [1.165, 1.54) is 23.2 Å². The van der Waals surface area contributed by atoms with Crippen LogP contribution in [-0.2, 0) is 0 Å². The average molecular weight is 1020 g/mol. The van der Waals surface area contributed by atoms with Crippen molar-refractivity contribution in [1.29, 1.82) is 0 Å². The van der Waals surface area contributed by atoms with E-state index in [0.717, 1.165) is 48.0 Å². The van der Waals surface area contributed by atoms with Crippen molar-refractivity contribution >= 4 is 90.3 Å². The van der Waals surface area contributed by atoms with Crippen LogP contribution in [-0.4, -0.2) is 106 Å². The molecule has 63 heavy (non-hydrogen) atoms. The molecule has 0 radical (unpaired) electrons. The quantitative estimate of drug-likeness (QED) is 0.107. The number of hydrogen-bond acceptors (Lipinski definition) is 11. The van der Waals surface area contributed by atoms with Crippen LogP contribution in [0.4, 0.5) is 70.6 Å². The molecule has 0 spiro atoms.